The van der Waals surface area contributed by atoms with Gasteiger partial charge in [-0.15, -0.1) is 0 Å². The number of hydrogen-bond donors (Lipinski definition) is 1. The Morgan fingerprint density at radius 1 is 1.20 bits per heavy atom. The topological polar surface area (TPSA) is 28.4 Å². The van der Waals surface area contributed by atoms with Crippen LogP contribution in [-0.2, 0) is 13.0 Å². The van der Waals surface area contributed by atoms with E-state index in [0.29, 0.717) is 0 Å². The van der Waals surface area contributed by atoms with Crippen LogP contribution in [0.4, 0.5) is 4.39 Å². The third-order valence-corrected chi connectivity index (χ3v) is 6.13. The Labute approximate surface area is 182 Å². The Morgan fingerprint density at radius 2 is 1.93 bits per heavy atom. The second-order valence-electron chi connectivity index (χ2n) is 8.86. The summed E-state index contributed by atoms with van der Waals surface area (Å²) in [5.41, 5.74) is 5.16. The van der Waals surface area contributed by atoms with E-state index in [1.54, 1.807) is 0 Å². The fraction of sp³-hybridized carbons (Fsp3) is 0.360. The molecule has 3 aromatic rings. The highest BCUT2D eigenvalue weighted by Gasteiger charge is 2.25. The van der Waals surface area contributed by atoms with Gasteiger partial charge in [0.05, 0.1) is 11.1 Å². The van der Waals surface area contributed by atoms with Crippen LogP contribution >= 0.6 is 11.6 Å². The van der Waals surface area contributed by atoms with Gasteiger partial charge in [-0.3, -0.25) is 4.90 Å². The number of halogens is 2. The highest BCUT2D eigenvalue weighted by molar-refractivity contribution is 6.31. The Kier molecular flexibility index (Phi) is 5.75. The first-order valence-corrected chi connectivity index (χ1v) is 10.8. The minimum absolute atomic E-state index is 0.226. The number of rotatable bonds is 5. The number of fused-ring (bicyclic) bond motifs is 3. The zero-order valence-electron chi connectivity index (χ0n) is 17.8. The number of aromatic nitrogens is 1. The lowest BCUT2D eigenvalue weighted by molar-refractivity contribution is 0.0558. The molecule has 0 amide bonds. The molecule has 0 spiro atoms. The Bertz CT molecular complexity index is 1090. The van der Waals surface area contributed by atoms with Crippen LogP contribution in [0.25, 0.3) is 22.7 Å². The fourth-order valence-electron chi connectivity index (χ4n) is 4.17. The van der Waals surface area contributed by atoms with Gasteiger partial charge >= 0.3 is 0 Å². The van der Waals surface area contributed by atoms with Crippen molar-refractivity contribution in [3.8, 4) is 0 Å². The van der Waals surface area contributed by atoms with Gasteiger partial charge in [-0.1, -0.05) is 23.7 Å². The Balaban J connectivity index is 1.73. The molecule has 0 unspecified atom stereocenters. The van der Waals surface area contributed by atoms with Crippen molar-refractivity contribution in [3.63, 3.8) is 0 Å². The summed E-state index contributed by atoms with van der Waals surface area (Å²) in [5, 5.41) is 12.0. The van der Waals surface area contributed by atoms with Gasteiger partial charge in [0, 0.05) is 48.4 Å². The summed E-state index contributed by atoms with van der Waals surface area (Å²) in [6.45, 7) is 8.43. The average molecular weight is 427 g/mol. The largest absolute Gasteiger partial charge is 0.390 e. The van der Waals surface area contributed by atoms with Crippen molar-refractivity contribution >= 4 is 34.3 Å². The summed E-state index contributed by atoms with van der Waals surface area (Å²) in [6.07, 6.45) is 3.82. The molecule has 158 valence electrons. The molecular formula is C25H28ClFN2O. The number of nitrogens with zero attached hydrogens (tertiary/aromatic N) is 2. The van der Waals surface area contributed by atoms with E-state index in [2.05, 4.69) is 28.7 Å². The molecule has 2 heterocycles. The Hall–Kier alpha value is -2.14. The van der Waals surface area contributed by atoms with Gasteiger partial charge in [0.25, 0.3) is 0 Å². The first-order chi connectivity index (χ1) is 14.2. The van der Waals surface area contributed by atoms with E-state index in [0.717, 1.165) is 54.2 Å². The standard InChI is InChI=1S/C25H28ClFN2O/c1-17(18-4-7-20(27)8-5-18)15-29-23-9-6-19(26)14-21(23)22-16-28(12-10-24(22)29)13-11-25(2,3)30/h4-9,14-15,30H,10-13,16H2,1-3H3. The lowest BCUT2D eigenvalue weighted by Crippen LogP contribution is -2.35. The molecule has 5 heteroatoms. The predicted molar refractivity (Wildman–Crippen MR) is 123 cm³/mol. The quantitative estimate of drug-likeness (QED) is 0.544. The maximum Gasteiger partial charge on any atom is 0.123 e. The molecule has 0 saturated carbocycles. The van der Waals surface area contributed by atoms with Crippen LogP contribution in [0.2, 0.25) is 5.02 Å². The van der Waals surface area contributed by atoms with Gasteiger partial charge in [-0.2, -0.15) is 0 Å². The molecule has 0 bridgehead atoms. The third-order valence-electron chi connectivity index (χ3n) is 5.89. The third kappa shape index (κ3) is 4.46. The summed E-state index contributed by atoms with van der Waals surface area (Å²) in [6, 6.07) is 12.7. The predicted octanol–water partition coefficient (Wildman–Crippen LogP) is 5.97. The van der Waals surface area contributed by atoms with Gasteiger partial charge in [0.1, 0.15) is 5.82 Å². The van der Waals surface area contributed by atoms with Crippen LogP contribution in [0.1, 0.15) is 44.0 Å². The molecule has 0 aliphatic carbocycles. The minimum Gasteiger partial charge on any atom is -0.390 e. The molecule has 30 heavy (non-hydrogen) atoms. The van der Waals surface area contributed by atoms with E-state index in [1.165, 1.54) is 28.8 Å². The van der Waals surface area contributed by atoms with Crippen molar-refractivity contribution in [1.82, 2.24) is 9.47 Å². The van der Waals surface area contributed by atoms with Crippen molar-refractivity contribution in [3.05, 3.63) is 70.1 Å². The molecule has 0 atom stereocenters. The summed E-state index contributed by atoms with van der Waals surface area (Å²) in [5.74, 6) is -0.226. The summed E-state index contributed by atoms with van der Waals surface area (Å²) in [7, 11) is 0. The SMILES string of the molecule is CC(=Cn1c2c(c3cc(Cl)ccc31)CN(CCC(C)(C)O)CC2)c1ccc(F)cc1. The van der Waals surface area contributed by atoms with Crippen molar-refractivity contribution in [2.75, 3.05) is 13.1 Å². The smallest absolute Gasteiger partial charge is 0.123 e. The number of allylic oxidation sites excluding steroid dienone is 1. The normalized spacial score (nSPS) is 15.6. The number of benzene rings is 2. The van der Waals surface area contributed by atoms with E-state index in [1.807, 2.05) is 38.1 Å². The van der Waals surface area contributed by atoms with E-state index >= 15 is 0 Å². The van der Waals surface area contributed by atoms with Gasteiger partial charge in [-0.05, 0) is 74.2 Å². The molecule has 0 fully saturated rings. The van der Waals surface area contributed by atoms with E-state index in [4.69, 9.17) is 11.6 Å². The van der Waals surface area contributed by atoms with Crippen molar-refractivity contribution < 1.29 is 9.50 Å². The van der Waals surface area contributed by atoms with E-state index in [9.17, 15) is 9.50 Å². The number of hydrogen-bond acceptors (Lipinski definition) is 2. The first kappa shape index (κ1) is 21.1. The zero-order chi connectivity index (χ0) is 21.5. The molecule has 1 aliphatic rings. The Morgan fingerprint density at radius 3 is 2.63 bits per heavy atom. The molecule has 0 saturated heterocycles. The van der Waals surface area contributed by atoms with Crippen molar-refractivity contribution in [1.29, 1.82) is 0 Å². The van der Waals surface area contributed by atoms with Crippen molar-refractivity contribution in [2.24, 2.45) is 0 Å². The van der Waals surface area contributed by atoms with Crippen LogP contribution in [0.3, 0.4) is 0 Å². The molecule has 1 aromatic heterocycles. The highest BCUT2D eigenvalue weighted by atomic mass is 35.5. The lowest BCUT2D eigenvalue weighted by atomic mass is 10.0. The van der Waals surface area contributed by atoms with Crippen LogP contribution < -0.4 is 0 Å². The van der Waals surface area contributed by atoms with Crippen molar-refractivity contribution in [2.45, 2.75) is 45.8 Å². The zero-order valence-corrected chi connectivity index (χ0v) is 18.5. The molecule has 2 aromatic carbocycles. The van der Waals surface area contributed by atoms with Gasteiger partial charge in [0.2, 0.25) is 0 Å². The molecule has 3 nitrogen and oxygen atoms in total. The maximum absolute atomic E-state index is 13.3. The van der Waals surface area contributed by atoms with Crippen LogP contribution in [0.5, 0.6) is 0 Å². The molecule has 1 N–H and O–H groups in total. The molecular weight excluding hydrogens is 399 g/mol. The van der Waals surface area contributed by atoms with Crippen LogP contribution in [0.15, 0.2) is 42.5 Å². The van der Waals surface area contributed by atoms with Gasteiger partial charge < -0.3 is 9.67 Å². The monoisotopic (exact) mass is 426 g/mol. The number of aliphatic hydroxyl groups is 1. The minimum atomic E-state index is -0.660. The maximum atomic E-state index is 13.3. The van der Waals surface area contributed by atoms with Crippen LogP contribution in [0, 0.1) is 5.82 Å². The fourth-order valence-corrected chi connectivity index (χ4v) is 4.34. The first-order valence-electron chi connectivity index (χ1n) is 10.4. The summed E-state index contributed by atoms with van der Waals surface area (Å²) in [4.78, 5) is 2.40. The lowest BCUT2D eigenvalue weighted by Gasteiger charge is -2.30. The highest BCUT2D eigenvalue weighted by Crippen LogP contribution is 2.34. The van der Waals surface area contributed by atoms with E-state index in [-0.39, 0.29) is 5.82 Å². The average Bonchev–Trinajstić information content (AvgIpc) is 2.99. The van der Waals surface area contributed by atoms with Crippen LogP contribution in [-0.4, -0.2) is 33.3 Å². The summed E-state index contributed by atoms with van der Waals surface area (Å²) < 4.78 is 15.6. The van der Waals surface area contributed by atoms with Gasteiger partial charge in [-0.25, -0.2) is 4.39 Å². The molecule has 4 rings (SSSR count). The molecule has 0 radical (unpaired) electrons. The second-order valence-corrected chi connectivity index (χ2v) is 9.30. The molecule has 1 aliphatic heterocycles. The summed E-state index contributed by atoms with van der Waals surface area (Å²) >= 11 is 6.34. The van der Waals surface area contributed by atoms with E-state index < -0.39 is 5.60 Å². The van der Waals surface area contributed by atoms with Gasteiger partial charge in [0.15, 0.2) is 0 Å². The second kappa shape index (κ2) is 8.18.